The van der Waals surface area contributed by atoms with E-state index in [0.717, 1.165) is 49.7 Å². The van der Waals surface area contributed by atoms with Crippen molar-refractivity contribution in [1.29, 1.82) is 0 Å². The maximum Gasteiger partial charge on any atom is 0.294 e. The Hall–Kier alpha value is -6.14. The average Bonchev–Trinajstić information content (AvgIpc) is 3.86. The minimum Gasteiger partial charge on any atom is -0.493 e. The first-order chi connectivity index (χ1) is 34.9. The number of aryl methyl sites for hydroxylation is 4. The van der Waals surface area contributed by atoms with Crippen LogP contribution in [0, 0.1) is 22.0 Å². The van der Waals surface area contributed by atoms with Crippen LogP contribution < -0.4 is 20.6 Å². The Labute approximate surface area is 424 Å². The minimum absolute atomic E-state index is 0.00357. The van der Waals surface area contributed by atoms with E-state index in [1.54, 1.807) is 40.4 Å². The molecule has 73 heavy (non-hydrogen) atoms. The van der Waals surface area contributed by atoms with Crippen LogP contribution in [0.1, 0.15) is 90.2 Å². The molecule has 0 radical (unpaired) electrons. The van der Waals surface area contributed by atoms with E-state index in [1.807, 2.05) is 33.3 Å². The number of nitrogens with one attached hydrogen (secondary N) is 2. The molecular weight excluding hydrogens is 983 g/mol. The summed E-state index contributed by atoms with van der Waals surface area (Å²) in [4.78, 5) is 56.2. The third-order valence-corrected chi connectivity index (χ3v) is 17.3. The zero-order chi connectivity index (χ0) is 52.6. The molecule has 2 aromatic carbocycles. The number of aliphatic hydroxyl groups excluding tert-OH is 1. The second-order valence-corrected chi connectivity index (χ2v) is 22.4. The molecule has 0 unspecified atom stereocenters. The van der Waals surface area contributed by atoms with E-state index in [2.05, 4.69) is 28.7 Å². The van der Waals surface area contributed by atoms with Crippen LogP contribution >= 0.6 is 0 Å². The van der Waals surface area contributed by atoms with Gasteiger partial charge < -0.3 is 38.5 Å². The van der Waals surface area contributed by atoms with Crippen molar-refractivity contribution < 1.29 is 41.3 Å². The van der Waals surface area contributed by atoms with Gasteiger partial charge in [-0.1, -0.05) is 26.7 Å². The number of H-pyrrole nitrogens is 2. The van der Waals surface area contributed by atoms with Crippen molar-refractivity contribution in [3.8, 4) is 34.3 Å². The second-order valence-electron chi connectivity index (χ2n) is 18.5. The molecule has 0 bridgehead atoms. The first-order valence-electron chi connectivity index (χ1n) is 25.0. The van der Waals surface area contributed by atoms with E-state index in [-0.39, 0.29) is 51.7 Å². The number of rotatable bonds is 20. The number of hydrogen-bond donors (Lipinski definition) is 3. The van der Waals surface area contributed by atoms with Crippen molar-refractivity contribution in [3.05, 3.63) is 90.7 Å². The van der Waals surface area contributed by atoms with E-state index < -0.39 is 25.1 Å². The number of sulfonamides is 2. The number of aliphatic hydroxyl groups is 1. The Bertz CT molecular complexity index is 3260. The Kier molecular flexibility index (Phi) is 17.8. The Balaban J connectivity index is 0.000000214. The van der Waals surface area contributed by atoms with Crippen molar-refractivity contribution in [3.63, 3.8) is 0 Å². The van der Waals surface area contributed by atoms with E-state index in [0.29, 0.717) is 116 Å². The molecule has 0 spiro atoms. The SMILES string of the molecule is CCCc1cn(C)c2c(=O)[nH]c(-c3cc(S(=O)(=O)N4CCC(CCO)CC4)ccc3OCC)nc12.CCCc1cn(C)c2c(=O)[nH]c(-c3cc(S(=O)(=O)N4CCC(CCO[N+](=O)[O-])CC4)ccc3OCC)nc12. The molecule has 0 amide bonds. The first-order valence-corrected chi connectivity index (χ1v) is 27.9. The van der Waals surface area contributed by atoms with E-state index >= 15 is 0 Å². The number of nitrogens with zero attached hydrogens (tertiary/aromatic N) is 7. The fourth-order valence-electron chi connectivity index (χ4n) is 9.84. The van der Waals surface area contributed by atoms with Gasteiger partial charge in [0, 0.05) is 59.3 Å². The summed E-state index contributed by atoms with van der Waals surface area (Å²) < 4.78 is 72.0. The fraction of sp³-hybridized carbons (Fsp3) is 0.520. The maximum absolute atomic E-state index is 13.5. The number of piperidine rings is 2. The van der Waals surface area contributed by atoms with Gasteiger partial charge in [0.25, 0.3) is 16.2 Å². The minimum atomic E-state index is -3.83. The predicted molar refractivity (Wildman–Crippen MR) is 276 cm³/mol. The molecule has 2 fully saturated rings. The maximum atomic E-state index is 13.5. The van der Waals surface area contributed by atoms with Crippen LogP contribution in [0.2, 0.25) is 0 Å². The second kappa shape index (κ2) is 23.8. The normalized spacial score (nSPS) is 15.4. The van der Waals surface area contributed by atoms with Crippen molar-refractivity contribution >= 4 is 42.1 Å². The third kappa shape index (κ3) is 12.1. The number of aromatic amines is 2. The van der Waals surface area contributed by atoms with Crippen LogP contribution in [-0.2, 0) is 51.8 Å². The van der Waals surface area contributed by atoms with Crippen LogP contribution in [0.3, 0.4) is 0 Å². The predicted octanol–water partition coefficient (Wildman–Crippen LogP) is 6.34. The lowest BCUT2D eigenvalue weighted by atomic mass is 9.95. The van der Waals surface area contributed by atoms with Crippen LogP contribution in [0.15, 0.2) is 68.2 Å². The summed E-state index contributed by atoms with van der Waals surface area (Å²) in [6.07, 6.45) is 11.0. The third-order valence-electron chi connectivity index (χ3n) is 13.5. The molecule has 4 aromatic heterocycles. The molecule has 2 saturated heterocycles. The molecule has 23 heteroatoms. The molecule has 2 aliphatic heterocycles. The highest BCUT2D eigenvalue weighted by Crippen LogP contribution is 2.36. The summed E-state index contributed by atoms with van der Waals surface area (Å²) in [6, 6.07) is 9.33. The zero-order valence-corrected chi connectivity index (χ0v) is 44.0. The number of benzene rings is 2. The van der Waals surface area contributed by atoms with Crippen LogP contribution in [0.25, 0.3) is 44.8 Å². The smallest absolute Gasteiger partial charge is 0.294 e. The van der Waals surface area contributed by atoms with Gasteiger partial charge in [-0.25, -0.2) is 26.8 Å². The summed E-state index contributed by atoms with van der Waals surface area (Å²) in [6.45, 7) is 10.1. The Morgan fingerprint density at radius 1 is 0.685 bits per heavy atom. The van der Waals surface area contributed by atoms with Gasteiger partial charge in [0.2, 0.25) is 20.0 Å². The molecular formula is C50H67N9O12S2. The van der Waals surface area contributed by atoms with E-state index in [9.17, 15) is 41.6 Å². The molecule has 0 saturated carbocycles. The van der Waals surface area contributed by atoms with Gasteiger partial charge in [-0.05, 0) is 125 Å². The molecule has 0 aliphatic carbocycles. The molecule has 6 heterocycles. The Morgan fingerprint density at radius 2 is 1.10 bits per heavy atom. The molecule has 6 aromatic rings. The number of ether oxygens (including phenoxy) is 2. The lowest BCUT2D eigenvalue weighted by Crippen LogP contribution is -2.38. The van der Waals surface area contributed by atoms with Crippen molar-refractivity contribution in [2.24, 2.45) is 25.9 Å². The van der Waals surface area contributed by atoms with Crippen molar-refractivity contribution in [2.45, 2.75) is 102 Å². The molecule has 21 nitrogen and oxygen atoms in total. The van der Waals surface area contributed by atoms with Gasteiger partial charge in [0.05, 0.1) is 51.8 Å². The zero-order valence-electron chi connectivity index (χ0n) is 42.4. The summed E-state index contributed by atoms with van der Waals surface area (Å²) in [5, 5.41) is 18.7. The largest absolute Gasteiger partial charge is 0.493 e. The highest BCUT2D eigenvalue weighted by Gasteiger charge is 2.32. The van der Waals surface area contributed by atoms with E-state index in [1.165, 1.54) is 20.7 Å². The highest BCUT2D eigenvalue weighted by atomic mass is 32.2. The van der Waals surface area contributed by atoms with Gasteiger partial charge in [0.1, 0.15) is 34.2 Å². The van der Waals surface area contributed by atoms with Crippen molar-refractivity contribution in [2.75, 3.05) is 52.6 Å². The summed E-state index contributed by atoms with van der Waals surface area (Å²) >= 11 is 0. The van der Waals surface area contributed by atoms with Crippen LogP contribution in [0.4, 0.5) is 0 Å². The average molecular weight is 1050 g/mol. The first kappa shape index (κ1) is 54.6. The molecule has 3 N–H and O–H groups in total. The standard InChI is InChI=1S/C25H33N5O7S.C25H34N4O5S/c1-4-6-18-16-28(3)23-22(18)26-24(27-25(23)31)20-15-19(7-8-21(20)36-5-2)38(34,35)29-12-9-17(10-13-29)11-14-37-30(32)33;1-4-6-18-16-28(3)23-22(18)26-24(27-25(23)31)20-15-19(7-8-21(20)34-5-2)35(32,33)29-12-9-17(10-13-29)11-14-30/h7-8,15-17H,4-6,9-14H2,1-3H3,(H,26,27,31);7-8,15-17,30H,4-6,9-14H2,1-3H3,(H,26,27,31). The number of fused-ring (bicyclic) bond motifs is 2. The van der Waals surface area contributed by atoms with Gasteiger partial charge in [-0.15, -0.1) is 10.1 Å². The lowest BCUT2D eigenvalue weighted by molar-refractivity contribution is -0.758. The Morgan fingerprint density at radius 3 is 1.47 bits per heavy atom. The van der Waals surface area contributed by atoms with Gasteiger partial charge in [-0.3, -0.25) is 9.59 Å². The molecule has 396 valence electrons. The highest BCUT2D eigenvalue weighted by molar-refractivity contribution is 7.89. The molecule has 8 rings (SSSR count). The monoisotopic (exact) mass is 1050 g/mol. The van der Waals surface area contributed by atoms with Gasteiger partial charge in [0.15, 0.2) is 0 Å². The van der Waals surface area contributed by atoms with Crippen molar-refractivity contribution in [1.82, 2.24) is 37.7 Å². The fourth-order valence-corrected chi connectivity index (χ4v) is 12.8. The van der Waals surface area contributed by atoms with Crippen LogP contribution in [0.5, 0.6) is 11.5 Å². The molecule has 0 atom stereocenters. The van der Waals surface area contributed by atoms with Crippen LogP contribution in [-0.4, -0.2) is 117 Å². The summed E-state index contributed by atoms with van der Waals surface area (Å²) in [7, 11) is -3.95. The van der Waals surface area contributed by atoms with Gasteiger partial charge in [-0.2, -0.15) is 8.61 Å². The molecule has 2 aliphatic rings. The topological polar surface area (TPSA) is 267 Å². The van der Waals surface area contributed by atoms with E-state index in [4.69, 9.17) is 19.4 Å². The van der Waals surface area contributed by atoms with Gasteiger partial charge >= 0.3 is 0 Å². The summed E-state index contributed by atoms with van der Waals surface area (Å²) in [5.74, 6) is 1.91. The lowest BCUT2D eigenvalue weighted by Gasteiger charge is -2.31. The quantitative estimate of drug-likeness (QED) is 0.0556. The summed E-state index contributed by atoms with van der Waals surface area (Å²) in [5.41, 5.74) is 4.33. The number of aromatic nitrogens is 6. The number of hydrogen-bond acceptors (Lipinski definition) is 14.